The third-order valence-electron chi connectivity index (χ3n) is 3.34. The van der Waals surface area contributed by atoms with Crippen molar-refractivity contribution in [1.82, 2.24) is 4.72 Å². The molecule has 0 spiro atoms. The van der Waals surface area contributed by atoms with E-state index in [2.05, 4.69) is 10.0 Å². The molecule has 0 fully saturated rings. The van der Waals surface area contributed by atoms with Crippen LogP contribution in [-0.4, -0.2) is 27.0 Å². The molecule has 2 rings (SSSR count). The maximum Gasteiger partial charge on any atom is 0.255 e. The molecule has 0 heterocycles. The van der Waals surface area contributed by atoms with Gasteiger partial charge in [-0.15, -0.1) is 0 Å². The summed E-state index contributed by atoms with van der Waals surface area (Å²) in [6, 6.07) is 7.55. The van der Waals surface area contributed by atoms with Gasteiger partial charge in [-0.05, 0) is 57.2 Å². The van der Waals surface area contributed by atoms with Crippen molar-refractivity contribution in [2.24, 2.45) is 0 Å². The SMILES string of the molecule is COc1ccc(C(=O)Nc2ccc(F)cc2Cl)cc1S(=O)(=O)NC(C)(C)C. The van der Waals surface area contributed by atoms with Crippen molar-refractivity contribution in [3.05, 3.63) is 52.8 Å². The van der Waals surface area contributed by atoms with Crippen LogP contribution < -0.4 is 14.8 Å². The molecule has 0 saturated heterocycles. The van der Waals surface area contributed by atoms with Crippen molar-refractivity contribution in [3.63, 3.8) is 0 Å². The zero-order valence-electron chi connectivity index (χ0n) is 15.3. The number of anilines is 1. The molecule has 0 aromatic heterocycles. The predicted molar refractivity (Wildman–Crippen MR) is 102 cm³/mol. The molecule has 2 aromatic rings. The van der Waals surface area contributed by atoms with Gasteiger partial charge in [0, 0.05) is 11.1 Å². The van der Waals surface area contributed by atoms with Gasteiger partial charge in [0.25, 0.3) is 5.91 Å². The van der Waals surface area contributed by atoms with Gasteiger partial charge in [0.05, 0.1) is 17.8 Å². The second-order valence-corrected chi connectivity index (χ2v) is 8.86. The Hall–Kier alpha value is -2.16. The van der Waals surface area contributed by atoms with E-state index in [1.54, 1.807) is 20.8 Å². The highest BCUT2D eigenvalue weighted by Crippen LogP contribution is 2.27. The maximum atomic E-state index is 13.1. The number of rotatable bonds is 5. The normalized spacial score (nSPS) is 11.9. The van der Waals surface area contributed by atoms with Crippen molar-refractivity contribution in [2.45, 2.75) is 31.2 Å². The van der Waals surface area contributed by atoms with Gasteiger partial charge in [-0.1, -0.05) is 11.6 Å². The first kappa shape index (κ1) is 21.1. The monoisotopic (exact) mass is 414 g/mol. The fraction of sp³-hybridized carbons (Fsp3) is 0.278. The molecule has 0 atom stereocenters. The van der Waals surface area contributed by atoms with E-state index in [0.29, 0.717) is 0 Å². The van der Waals surface area contributed by atoms with Gasteiger partial charge in [0.15, 0.2) is 0 Å². The number of sulfonamides is 1. The number of benzene rings is 2. The first-order chi connectivity index (χ1) is 12.4. The molecule has 9 heteroatoms. The maximum absolute atomic E-state index is 13.1. The van der Waals surface area contributed by atoms with E-state index in [1.807, 2.05) is 0 Å². The summed E-state index contributed by atoms with van der Waals surface area (Å²) in [5.41, 5.74) is -0.439. The zero-order valence-corrected chi connectivity index (χ0v) is 16.8. The Labute approximate surface area is 162 Å². The summed E-state index contributed by atoms with van der Waals surface area (Å²) in [7, 11) is -2.60. The fourth-order valence-corrected chi connectivity index (χ4v) is 4.10. The van der Waals surface area contributed by atoms with Gasteiger partial charge in [-0.25, -0.2) is 17.5 Å². The van der Waals surface area contributed by atoms with E-state index < -0.39 is 27.3 Å². The minimum atomic E-state index is -3.93. The van der Waals surface area contributed by atoms with Crippen LogP contribution in [0.5, 0.6) is 5.75 Å². The Morgan fingerprint density at radius 3 is 2.37 bits per heavy atom. The smallest absolute Gasteiger partial charge is 0.255 e. The van der Waals surface area contributed by atoms with Gasteiger partial charge in [0.2, 0.25) is 10.0 Å². The minimum absolute atomic E-state index is 0.0269. The van der Waals surface area contributed by atoms with E-state index in [0.717, 1.165) is 12.1 Å². The molecule has 146 valence electrons. The molecular weight excluding hydrogens is 395 g/mol. The molecule has 0 bridgehead atoms. The van der Waals surface area contributed by atoms with Gasteiger partial charge in [-0.2, -0.15) is 0 Å². The van der Waals surface area contributed by atoms with E-state index in [4.69, 9.17) is 16.3 Å². The van der Waals surface area contributed by atoms with Crippen LogP contribution in [0.1, 0.15) is 31.1 Å². The lowest BCUT2D eigenvalue weighted by Crippen LogP contribution is -2.40. The second-order valence-electron chi connectivity index (χ2n) is 6.80. The summed E-state index contributed by atoms with van der Waals surface area (Å²) in [5, 5.41) is 2.55. The predicted octanol–water partition coefficient (Wildman–Crippen LogP) is 3.82. The molecule has 2 N–H and O–H groups in total. The molecule has 6 nitrogen and oxygen atoms in total. The zero-order chi connectivity index (χ0) is 20.4. The molecule has 0 aliphatic carbocycles. The summed E-state index contributed by atoms with van der Waals surface area (Å²) in [6.45, 7) is 5.10. The highest BCUT2D eigenvalue weighted by molar-refractivity contribution is 7.89. The van der Waals surface area contributed by atoms with Gasteiger partial charge >= 0.3 is 0 Å². The topological polar surface area (TPSA) is 84.5 Å². The number of halogens is 2. The van der Waals surface area contributed by atoms with Crippen LogP contribution in [-0.2, 0) is 10.0 Å². The number of methoxy groups -OCH3 is 1. The number of carbonyl (C=O) groups is 1. The number of hydrogen-bond acceptors (Lipinski definition) is 4. The van der Waals surface area contributed by atoms with Gasteiger partial charge < -0.3 is 10.1 Å². The van der Waals surface area contributed by atoms with Crippen molar-refractivity contribution in [3.8, 4) is 5.75 Å². The number of amides is 1. The van der Waals surface area contributed by atoms with Crippen LogP contribution in [0, 0.1) is 5.82 Å². The number of ether oxygens (including phenoxy) is 1. The Morgan fingerprint density at radius 1 is 1.15 bits per heavy atom. The molecule has 27 heavy (non-hydrogen) atoms. The van der Waals surface area contributed by atoms with Crippen LogP contribution in [0.2, 0.25) is 5.02 Å². The van der Waals surface area contributed by atoms with Crippen molar-refractivity contribution in [2.75, 3.05) is 12.4 Å². The highest BCUT2D eigenvalue weighted by Gasteiger charge is 2.26. The van der Waals surface area contributed by atoms with Crippen LogP contribution in [0.3, 0.4) is 0 Å². The van der Waals surface area contributed by atoms with Crippen LogP contribution in [0.15, 0.2) is 41.3 Å². The Morgan fingerprint density at radius 2 is 1.81 bits per heavy atom. The molecule has 0 aliphatic heterocycles. The molecule has 1 amide bonds. The quantitative estimate of drug-likeness (QED) is 0.779. The lowest BCUT2D eigenvalue weighted by molar-refractivity contribution is 0.102. The number of carbonyl (C=O) groups excluding carboxylic acids is 1. The number of nitrogens with one attached hydrogen (secondary N) is 2. The van der Waals surface area contributed by atoms with Gasteiger partial charge in [0.1, 0.15) is 16.5 Å². The Kier molecular flexibility index (Phi) is 6.14. The molecule has 2 aromatic carbocycles. The molecule has 0 saturated carbocycles. The van der Waals surface area contributed by atoms with Crippen molar-refractivity contribution >= 4 is 33.2 Å². The third kappa shape index (κ3) is 5.41. The van der Waals surface area contributed by atoms with Crippen molar-refractivity contribution in [1.29, 1.82) is 0 Å². The first-order valence-corrected chi connectivity index (χ1v) is 9.77. The lowest BCUT2D eigenvalue weighted by Gasteiger charge is -2.21. The lowest BCUT2D eigenvalue weighted by atomic mass is 10.1. The first-order valence-electron chi connectivity index (χ1n) is 7.91. The highest BCUT2D eigenvalue weighted by atomic mass is 35.5. The summed E-state index contributed by atoms with van der Waals surface area (Å²) in [6.07, 6.45) is 0. The fourth-order valence-electron chi connectivity index (χ4n) is 2.27. The average molecular weight is 415 g/mol. The Balaban J connectivity index is 2.40. The van der Waals surface area contributed by atoms with Crippen LogP contribution in [0.4, 0.5) is 10.1 Å². The van der Waals surface area contributed by atoms with Crippen LogP contribution in [0.25, 0.3) is 0 Å². The minimum Gasteiger partial charge on any atom is -0.495 e. The van der Waals surface area contributed by atoms with E-state index in [-0.39, 0.29) is 26.9 Å². The Bertz CT molecular complexity index is 972. The molecule has 0 radical (unpaired) electrons. The summed E-state index contributed by atoms with van der Waals surface area (Å²) in [5.74, 6) is -1.04. The van der Waals surface area contributed by atoms with E-state index >= 15 is 0 Å². The molecular formula is C18H20ClFN2O4S. The van der Waals surface area contributed by atoms with Crippen molar-refractivity contribution < 1.29 is 22.3 Å². The standard InChI is InChI=1S/C18H20ClFN2O4S/c1-18(2,3)22-27(24,25)16-9-11(5-8-15(16)26-4)17(23)21-14-7-6-12(20)10-13(14)19/h5-10,22H,1-4H3,(H,21,23). The summed E-state index contributed by atoms with van der Waals surface area (Å²) >= 11 is 5.90. The van der Waals surface area contributed by atoms with E-state index in [1.165, 1.54) is 31.4 Å². The van der Waals surface area contributed by atoms with E-state index in [9.17, 15) is 17.6 Å². The van der Waals surface area contributed by atoms with Gasteiger partial charge in [-0.3, -0.25) is 4.79 Å². The summed E-state index contributed by atoms with van der Waals surface area (Å²) < 4.78 is 46.1. The second kappa shape index (κ2) is 7.84. The summed E-state index contributed by atoms with van der Waals surface area (Å²) in [4.78, 5) is 12.3. The number of hydrogen-bond donors (Lipinski definition) is 2. The molecule has 0 unspecified atom stereocenters. The molecule has 0 aliphatic rings. The largest absolute Gasteiger partial charge is 0.495 e. The van der Waals surface area contributed by atoms with Crippen LogP contribution >= 0.6 is 11.6 Å². The average Bonchev–Trinajstić information content (AvgIpc) is 2.54. The third-order valence-corrected chi connectivity index (χ3v) is 5.43.